The minimum absolute atomic E-state index is 0.101. The van der Waals surface area contributed by atoms with Crippen LogP contribution in [0.25, 0.3) is 0 Å². The maximum atomic E-state index is 12.2. The van der Waals surface area contributed by atoms with Crippen molar-refractivity contribution in [3.8, 4) is 0 Å². The van der Waals surface area contributed by atoms with E-state index in [-0.39, 0.29) is 11.4 Å². The van der Waals surface area contributed by atoms with E-state index in [1.807, 2.05) is 39.0 Å². The first-order chi connectivity index (χ1) is 14.3. The Morgan fingerprint density at radius 3 is 1.97 bits per heavy atom. The van der Waals surface area contributed by atoms with Gasteiger partial charge in [0.15, 0.2) is 5.78 Å². The molecule has 2 aromatic carbocycles. The summed E-state index contributed by atoms with van der Waals surface area (Å²) in [6.07, 6.45) is 3.39. The summed E-state index contributed by atoms with van der Waals surface area (Å²) in [7, 11) is 2.17. The molecular weight excluding hydrogens is 380 g/mol. The van der Waals surface area contributed by atoms with Crippen molar-refractivity contribution in [2.75, 3.05) is 25.5 Å². The van der Waals surface area contributed by atoms with Gasteiger partial charge in [0.25, 0.3) is 6.47 Å². The molecule has 1 aliphatic rings. The van der Waals surface area contributed by atoms with Gasteiger partial charge in [0.2, 0.25) is 6.41 Å². The lowest BCUT2D eigenvalue weighted by molar-refractivity contribution is -0.138. The van der Waals surface area contributed by atoms with Gasteiger partial charge in [-0.05, 0) is 65.9 Å². The lowest BCUT2D eigenvalue weighted by Crippen LogP contribution is -2.17. The van der Waals surface area contributed by atoms with Crippen molar-refractivity contribution in [1.29, 1.82) is 0 Å². The van der Waals surface area contributed by atoms with Crippen molar-refractivity contribution in [2.24, 2.45) is 0 Å². The fraction of sp³-hybridized carbons (Fsp3) is 0.375. The highest BCUT2D eigenvalue weighted by molar-refractivity contribution is 6.13. The molecule has 3 rings (SSSR count). The van der Waals surface area contributed by atoms with Crippen molar-refractivity contribution in [3.63, 3.8) is 0 Å². The summed E-state index contributed by atoms with van der Waals surface area (Å²) in [5, 5.41) is 2.53. The van der Waals surface area contributed by atoms with Crippen LogP contribution < -0.4 is 5.32 Å². The van der Waals surface area contributed by atoms with Crippen molar-refractivity contribution in [2.45, 2.75) is 39.2 Å². The quantitative estimate of drug-likeness (QED) is 0.590. The highest BCUT2D eigenvalue weighted by atomic mass is 16.5. The molecule has 0 spiro atoms. The highest BCUT2D eigenvalue weighted by Crippen LogP contribution is 2.18. The minimum Gasteiger partial charge on any atom is -0.462 e. The molecule has 6 heteroatoms. The number of para-hydroxylation sites is 1. The SMILES string of the molecule is CC(C)(C)OC=O.CN1CCCC1.O=CNc1ccccc1C(=O)c1ccccc1. The maximum absolute atomic E-state index is 12.2. The van der Waals surface area contributed by atoms with Gasteiger partial charge in [0.05, 0.1) is 5.69 Å². The van der Waals surface area contributed by atoms with E-state index in [9.17, 15) is 14.4 Å². The summed E-state index contributed by atoms with van der Waals surface area (Å²) in [5.41, 5.74) is 1.30. The Morgan fingerprint density at radius 2 is 1.53 bits per heavy atom. The molecule has 1 N–H and O–H groups in total. The van der Waals surface area contributed by atoms with Gasteiger partial charge in [0.1, 0.15) is 5.60 Å². The van der Waals surface area contributed by atoms with Crippen molar-refractivity contribution >= 4 is 24.4 Å². The van der Waals surface area contributed by atoms with Crippen LogP contribution in [0.3, 0.4) is 0 Å². The number of carbonyl (C=O) groups excluding carboxylic acids is 3. The first-order valence-electron chi connectivity index (χ1n) is 9.97. The third-order valence-corrected chi connectivity index (χ3v) is 4.15. The number of ketones is 1. The molecule has 0 aliphatic carbocycles. The molecule has 0 aromatic heterocycles. The van der Waals surface area contributed by atoms with E-state index in [1.165, 1.54) is 25.9 Å². The monoisotopic (exact) mass is 412 g/mol. The van der Waals surface area contributed by atoms with Crippen LogP contribution in [0.4, 0.5) is 5.69 Å². The normalized spacial score (nSPS) is 13.1. The topological polar surface area (TPSA) is 75.7 Å². The van der Waals surface area contributed by atoms with E-state index in [2.05, 4.69) is 22.0 Å². The molecule has 1 aliphatic heterocycles. The zero-order chi connectivity index (χ0) is 22.4. The van der Waals surface area contributed by atoms with Crippen LogP contribution in [0.2, 0.25) is 0 Å². The third-order valence-electron chi connectivity index (χ3n) is 4.15. The number of amides is 1. The van der Waals surface area contributed by atoms with Crippen molar-refractivity contribution in [3.05, 3.63) is 65.7 Å². The first kappa shape index (κ1) is 25.0. The Balaban J connectivity index is 0.000000284. The van der Waals surface area contributed by atoms with Crippen LogP contribution in [0, 0.1) is 0 Å². The summed E-state index contributed by atoms with van der Waals surface area (Å²) in [5.74, 6) is -0.101. The molecule has 2 aromatic rings. The molecule has 0 unspecified atom stereocenters. The summed E-state index contributed by atoms with van der Waals surface area (Å²) in [6, 6.07) is 15.9. The predicted octanol–water partition coefficient (Wildman–Crippen LogP) is 4.16. The Hall–Kier alpha value is -2.99. The maximum Gasteiger partial charge on any atom is 0.293 e. The van der Waals surface area contributed by atoms with Crippen LogP contribution in [0.1, 0.15) is 49.5 Å². The van der Waals surface area contributed by atoms with E-state index < -0.39 is 0 Å². The summed E-state index contributed by atoms with van der Waals surface area (Å²) in [4.78, 5) is 34.6. The molecule has 162 valence electrons. The Kier molecular flexibility index (Phi) is 11.1. The van der Waals surface area contributed by atoms with Crippen molar-refractivity contribution < 1.29 is 19.1 Å². The van der Waals surface area contributed by atoms with Gasteiger partial charge in [-0.2, -0.15) is 0 Å². The van der Waals surface area contributed by atoms with Gasteiger partial charge < -0.3 is 15.0 Å². The van der Waals surface area contributed by atoms with Gasteiger partial charge in [-0.15, -0.1) is 0 Å². The average molecular weight is 413 g/mol. The molecule has 1 fully saturated rings. The number of ether oxygens (including phenoxy) is 1. The van der Waals surface area contributed by atoms with Gasteiger partial charge in [-0.25, -0.2) is 0 Å². The fourth-order valence-corrected chi connectivity index (χ4v) is 2.64. The zero-order valence-electron chi connectivity index (χ0n) is 18.3. The Labute approximate surface area is 179 Å². The van der Waals surface area contributed by atoms with E-state index in [4.69, 9.17) is 0 Å². The highest BCUT2D eigenvalue weighted by Gasteiger charge is 2.12. The van der Waals surface area contributed by atoms with E-state index in [1.54, 1.807) is 36.4 Å². The number of nitrogens with one attached hydrogen (secondary N) is 1. The second-order valence-corrected chi connectivity index (χ2v) is 7.84. The van der Waals surface area contributed by atoms with E-state index >= 15 is 0 Å². The summed E-state index contributed by atoms with van der Waals surface area (Å²) >= 11 is 0. The number of hydrogen-bond donors (Lipinski definition) is 1. The second kappa shape index (κ2) is 13.3. The minimum atomic E-state index is -0.318. The van der Waals surface area contributed by atoms with Crippen LogP contribution in [0.5, 0.6) is 0 Å². The summed E-state index contributed by atoms with van der Waals surface area (Å²) in [6.45, 7) is 8.56. The fourth-order valence-electron chi connectivity index (χ4n) is 2.64. The van der Waals surface area contributed by atoms with Gasteiger partial charge in [-0.1, -0.05) is 42.5 Å². The smallest absolute Gasteiger partial charge is 0.293 e. The lowest BCUT2D eigenvalue weighted by atomic mass is 10.0. The molecule has 0 saturated carbocycles. The number of anilines is 1. The molecule has 1 saturated heterocycles. The molecule has 1 amide bonds. The summed E-state index contributed by atoms with van der Waals surface area (Å²) < 4.78 is 4.55. The first-order valence-corrected chi connectivity index (χ1v) is 9.97. The second-order valence-electron chi connectivity index (χ2n) is 7.84. The molecule has 6 nitrogen and oxygen atoms in total. The number of nitrogens with zero attached hydrogens (tertiary/aromatic N) is 1. The number of carbonyl (C=O) groups is 3. The van der Waals surface area contributed by atoms with E-state index in [0.717, 1.165) is 0 Å². The van der Waals surface area contributed by atoms with Crippen LogP contribution >= 0.6 is 0 Å². The van der Waals surface area contributed by atoms with Crippen molar-refractivity contribution in [1.82, 2.24) is 4.90 Å². The van der Waals surface area contributed by atoms with Gasteiger partial charge >= 0.3 is 0 Å². The predicted molar refractivity (Wildman–Crippen MR) is 120 cm³/mol. The molecule has 0 atom stereocenters. The Bertz CT molecular complexity index is 779. The number of rotatable bonds is 5. The average Bonchev–Trinajstić information content (AvgIpc) is 3.20. The molecule has 0 bridgehead atoms. The zero-order valence-corrected chi connectivity index (χ0v) is 18.3. The molecular formula is C24H32N2O4. The molecule has 1 heterocycles. The van der Waals surface area contributed by atoms with Gasteiger partial charge in [-0.3, -0.25) is 14.4 Å². The number of benzene rings is 2. The third kappa shape index (κ3) is 9.98. The van der Waals surface area contributed by atoms with Gasteiger partial charge in [0, 0.05) is 11.1 Å². The standard InChI is InChI=1S/C14H11NO2.C5H11N.C5H10O2/c16-10-15-13-9-5-4-8-12(13)14(17)11-6-2-1-3-7-11;1-6-4-2-3-5-6;1-5(2,3)7-4-6/h1-10H,(H,15,16);2-5H2,1H3;4H,1-3H3. The number of hydrogen-bond acceptors (Lipinski definition) is 5. The Morgan fingerprint density at radius 1 is 0.967 bits per heavy atom. The van der Waals surface area contributed by atoms with Crippen LogP contribution in [-0.2, 0) is 14.3 Å². The number of likely N-dealkylation sites (tertiary alicyclic amines) is 1. The largest absolute Gasteiger partial charge is 0.462 e. The lowest BCUT2D eigenvalue weighted by Gasteiger charge is -2.14. The van der Waals surface area contributed by atoms with E-state index in [0.29, 0.717) is 29.7 Å². The molecule has 0 radical (unpaired) electrons. The molecule has 30 heavy (non-hydrogen) atoms. The van der Waals surface area contributed by atoms with Crippen LogP contribution in [-0.4, -0.2) is 49.3 Å². The van der Waals surface area contributed by atoms with Crippen LogP contribution in [0.15, 0.2) is 54.6 Å².